The molecule has 1 aromatic heterocycles. The molecule has 1 heterocycles. The zero-order chi connectivity index (χ0) is 12.6. The van der Waals surface area contributed by atoms with Crippen LogP contribution in [0.15, 0.2) is 16.7 Å². The molecule has 0 aliphatic heterocycles. The summed E-state index contributed by atoms with van der Waals surface area (Å²) in [5.74, 6) is -1.82. The van der Waals surface area contributed by atoms with Crippen molar-refractivity contribution in [3.63, 3.8) is 0 Å². The molecule has 1 N–H and O–H groups in total. The zero-order valence-electron chi connectivity index (χ0n) is 9.24. The van der Waals surface area contributed by atoms with Gasteiger partial charge in [0, 0.05) is 0 Å². The number of aryl methyl sites for hydroxylation is 1. The maximum Gasteiger partial charge on any atom is 0.264 e. The number of rotatable bonds is 2. The first-order chi connectivity index (χ1) is 8.00. The molecule has 6 heteroatoms. The van der Waals surface area contributed by atoms with Gasteiger partial charge >= 0.3 is 0 Å². The molecule has 0 fully saturated rings. The van der Waals surface area contributed by atoms with Gasteiger partial charge in [-0.05, 0) is 25.5 Å². The molecule has 0 radical (unpaired) electrons. The topological polar surface area (TPSA) is 59.2 Å². The minimum absolute atomic E-state index is 0.0136. The van der Waals surface area contributed by atoms with Crippen LogP contribution in [0.1, 0.15) is 24.4 Å². The Morgan fingerprint density at radius 3 is 2.65 bits per heavy atom. The van der Waals surface area contributed by atoms with Gasteiger partial charge in [-0.25, -0.2) is 8.78 Å². The molecule has 0 aliphatic carbocycles. The lowest BCUT2D eigenvalue weighted by Gasteiger charge is -2.02. The van der Waals surface area contributed by atoms with Crippen LogP contribution >= 0.6 is 0 Å². The second-order valence-electron chi connectivity index (χ2n) is 3.69. The SMILES string of the molecule is Cc1ccc(F)c(-c2nc(C(C)O)no2)c1F. The summed E-state index contributed by atoms with van der Waals surface area (Å²) in [5.41, 5.74) is -0.0948. The molecule has 0 aliphatic rings. The Labute approximate surface area is 95.9 Å². The second kappa shape index (κ2) is 4.21. The molecule has 90 valence electrons. The molecule has 0 saturated heterocycles. The zero-order valence-corrected chi connectivity index (χ0v) is 9.24. The van der Waals surface area contributed by atoms with Crippen molar-refractivity contribution in [2.24, 2.45) is 0 Å². The standard InChI is InChI=1S/C11H10F2N2O2/c1-5-3-4-7(12)8(9(5)13)11-14-10(6(2)16)15-17-11/h3-4,6,16H,1-2H3. The lowest BCUT2D eigenvalue weighted by atomic mass is 10.1. The third-order valence-electron chi connectivity index (χ3n) is 2.31. The van der Waals surface area contributed by atoms with Gasteiger partial charge in [0.05, 0.1) is 0 Å². The average Bonchev–Trinajstić information content (AvgIpc) is 2.73. The molecular formula is C11H10F2N2O2. The van der Waals surface area contributed by atoms with Crippen LogP contribution < -0.4 is 0 Å². The van der Waals surface area contributed by atoms with Crippen molar-refractivity contribution in [3.8, 4) is 11.5 Å². The number of hydrogen-bond donors (Lipinski definition) is 1. The lowest BCUT2D eigenvalue weighted by Crippen LogP contribution is -1.95. The largest absolute Gasteiger partial charge is 0.385 e. The van der Waals surface area contributed by atoms with E-state index in [-0.39, 0.29) is 22.8 Å². The first-order valence-electron chi connectivity index (χ1n) is 4.97. The minimum atomic E-state index is -0.955. The van der Waals surface area contributed by atoms with E-state index in [1.54, 1.807) is 0 Å². The first kappa shape index (κ1) is 11.7. The fourth-order valence-electron chi connectivity index (χ4n) is 1.36. The van der Waals surface area contributed by atoms with Crippen LogP contribution in [0, 0.1) is 18.6 Å². The molecule has 1 aromatic carbocycles. The van der Waals surface area contributed by atoms with E-state index in [0.29, 0.717) is 0 Å². The van der Waals surface area contributed by atoms with E-state index in [2.05, 4.69) is 10.1 Å². The molecule has 2 aromatic rings. The van der Waals surface area contributed by atoms with E-state index in [0.717, 1.165) is 6.07 Å². The predicted molar refractivity (Wildman–Crippen MR) is 55.0 cm³/mol. The summed E-state index contributed by atoms with van der Waals surface area (Å²) in [4.78, 5) is 3.74. The number of benzene rings is 1. The van der Waals surface area contributed by atoms with Gasteiger partial charge < -0.3 is 9.63 Å². The second-order valence-corrected chi connectivity index (χ2v) is 3.69. The summed E-state index contributed by atoms with van der Waals surface area (Å²) in [5, 5.41) is 12.6. The summed E-state index contributed by atoms with van der Waals surface area (Å²) in [6, 6.07) is 2.44. The lowest BCUT2D eigenvalue weighted by molar-refractivity contribution is 0.184. The highest BCUT2D eigenvalue weighted by Crippen LogP contribution is 2.27. The van der Waals surface area contributed by atoms with Gasteiger partial charge in [0.2, 0.25) is 0 Å². The van der Waals surface area contributed by atoms with Crippen LogP contribution in [0.3, 0.4) is 0 Å². The Morgan fingerprint density at radius 1 is 1.35 bits per heavy atom. The smallest absolute Gasteiger partial charge is 0.264 e. The van der Waals surface area contributed by atoms with Crippen LogP contribution in [0.2, 0.25) is 0 Å². The van der Waals surface area contributed by atoms with E-state index >= 15 is 0 Å². The summed E-state index contributed by atoms with van der Waals surface area (Å²) in [7, 11) is 0. The average molecular weight is 240 g/mol. The van der Waals surface area contributed by atoms with E-state index in [1.165, 1.54) is 19.9 Å². The molecule has 0 amide bonds. The monoisotopic (exact) mass is 240 g/mol. The normalized spacial score (nSPS) is 12.8. The molecule has 1 atom stereocenters. The van der Waals surface area contributed by atoms with Crippen LogP contribution in [0.4, 0.5) is 8.78 Å². The van der Waals surface area contributed by atoms with Gasteiger partial charge in [-0.1, -0.05) is 11.2 Å². The van der Waals surface area contributed by atoms with Gasteiger partial charge in [0.1, 0.15) is 23.3 Å². The Balaban J connectivity index is 2.56. The quantitative estimate of drug-likeness (QED) is 0.875. The first-order valence-corrected chi connectivity index (χ1v) is 4.97. The van der Waals surface area contributed by atoms with Crippen LogP contribution in [-0.4, -0.2) is 15.2 Å². The van der Waals surface area contributed by atoms with Gasteiger partial charge in [-0.3, -0.25) is 0 Å². The Morgan fingerprint density at radius 2 is 2.06 bits per heavy atom. The number of aliphatic hydroxyl groups is 1. The fraction of sp³-hybridized carbons (Fsp3) is 0.273. The number of hydrogen-bond acceptors (Lipinski definition) is 4. The molecule has 17 heavy (non-hydrogen) atoms. The highest BCUT2D eigenvalue weighted by Gasteiger charge is 2.20. The van der Waals surface area contributed by atoms with Crippen molar-refractivity contribution in [3.05, 3.63) is 35.2 Å². The van der Waals surface area contributed by atoms with E-state index in [1.807, 2.05) is 0 Å². The molecule has 4 nitrogen and oxygen atoms in total. The van der Waals surface area contributed by atoms with Crippen LogP contribution in [0.5, 0.6) is 0 Å². The molecule has 1 unspecified atom stereocenters. The highest BCUT2D eigenvalue weighted by atomic mass is 19.1. The van der Waals surface area contributed by atoms with E-state index in [9.17, 15) is 13.9 Å². The van der Waals surface area contributed by atoms with Gasteiger partial charge in [-0.15, -0.1) is 0 Å². The Kier molecular flexibility index (Phi) is 2.89. The number of aromatic nitrogens is 2. The molecular weight excluding hydrogens is 230 g/mol. The third kappa shape index (κ3) is 2.03. The van der Waals surface area contributed by atoms with Crippen molar-refractivity contribution in [1.29, 1.82) is 0 Å². The van der Waals surface area contributed by atoms with Crippen molar-refractivity contribution < 1.29 is 18.4 Å². The van der Waals surface area contributed by atoms with Crippen LogP contribution in [-0.2, 0) is 0 Å². The van der Waals surface area contributed by atoms with Crippen molar-refractivity contribution >= 4 is 0 Å². The summed E-state index contributed by atoms with van der Waals surface area (Å²) < 4.78 is 32.0. The third-order valence-corrected chi connectivity index (χ3v) is 2.31. The number of nitrogens with zero attached hydrogens (tertiary/aromatic N) is 2. The fourth-order valence-corrected chi connectivity index (χ4v) is 1.36. The highest BCUT2D eigenvalue weighted by molar-refractivity contribution is 5.56. The van der Waals surface area contributed by atoms with Gasteiger partial charge in [0.25, 0.3) is 5.89 Å². The molecule has 0 bridgehead atoms. The van der Waals surface area contributed by atoms with Crippen molar-refractivity contribution in [2.75, 3.05) is 0 Å². The maximum atomic E-state index is 13.7. The molecule has 0 saturated carbocycles. The molecule has 2 rings (SSSR count). The molecule has 0 spiro atoms. The number of halogens is 2. The summed E-state index contributed by atoms with van der Waals surface area (Å²) >= 11 is 0. The summed E-state index contributed by atoms with van der Waals surface area (Å²) in [6.07, 6.45) is -0.955. The van der Waals surface area contributed by atoms with Crippen molar-refractivity contribution in [1.82, 2.24) is 10.1 Å². The maximum absolute atomic E-state index is 13.7. The Hall–Kier alpha value is -1.82. The van der Waals surface area contributed by atoms with Crippen molar-refractivity contribution in [2.45, 2.75) is 20.0 Å². The van der Waals surface area contributed by atoms with E-state index in [4.69, 9.17) is 4.52 Å². The predicted octanol–water partition coefficient (Wildman–Crippen LogP) is 2.38. The van der Waals surface area contributed by atoms with Gasteiger partial charge in [0.15, 0.2) is 5.82 Å². The van der Waals surface area contributed by atoms with E-state index < -0.39 is 17.7 Å². The minimum Gasteiger partial charge on any atom is -0.385 e. The van der Waals surface area contributed by atoms with Gasteiger partial charge in [-0.2, -0.15) is 4.98 Å². The Bertz CT molecular complexity index is 552. The number of aliphatic hydroxyl groups excluding tert-OH is 1. The summed E-state index contributed by atoms with van der Waals surface area (Å²) in [6.45, 7) is 2.93. The van der Waals surface area contributed by atoms with Crippen LogP contribution in [0.25, 0.3) is 11.5 Å².